The summed E-state index contributed by atoms with van der Waals surface area (Å²) in [6.07, 6.45) is 3.97. The van der Waals surface area contributed by atoms with Crippen LogP contribution in [0.1, 0.15) is 56.6 Å². The Kier molecular flexibility index (Phi) is 6.27. The zero-order valence-electron chi connectivity index (χ0n) is 14.6. The van der Waals surface area contributed by atoms with Crippen molar-refractivity contribution >= 4 is 11.7 Å². The molecule has 1 heterocycles. The Labute approximate surface area is 139 Å². The molecule has 0 unspecified atom stereocenters. The minimum Gasteiger partial charge on any atom is -0.245 e. The van der Waals surface area contributed by atoms with Crippen LogP contribution < -0.4 is 5.43 Å². The van der Waals surface area contributed by atoms with E-state index in [0.717, 1.165) is 42.8 Å². The average Bonchev–Trinajstić information content (AvgIpc) is 2.60. The summed E-state index contributed by atoms with van der Waals surface area (Å²) in [5.74, 6) is 0.577. The summed E-state index contributed by atoms with van der Waals surface area (Å²) in [5.41, 5.74) is 8.58. The van der Waals surface area contributed by atoms with E-state index in [0.29, 0.717) is 5.95 Å². The molecule has 0 aliphatic heterocycles. The second-order valence-electron chi connectivity index (χ2n) is 5.60. The molecule has 122 valence electrons. The van der Waals surface area contributed by atoms with Gasteiger partial charge in [0.05, 0.1) is 5.71 Å². The first-order valence-electron chi connectivity index (χ1n) is 8.43. The molecule has 0 saturated carbocycles. The molecule has 2 rings (SSSR count). The van der Waals surface area contributed by atoms with Gasteiger partial charge in [0.1, 0.15) is 0 Å². The maximum Gasteiger partial charge on any atom is 0.243 e. The Hall–Kier alpha value is -2.23. The first-order chi connectivity index (χ1) is 11.2. The van der Waals surface area contributed by atoms with Crippen molar-refractivity contribution in [3.8, 4) is 0 Å². The van der Waals surface area contributed by atoms with E-state index in [1.54, 1.807) is 0 Å². The van der Waals surface area contributed by atoms with Crippen molar-refractivity contribution in [2.45, 2.75) is 53.4 Å². The van der Waals surface area contributed by atoms with Gasteiger partial charge >= 0.3 is 0 Å². The normalized spacial score (nSPS) is 11.6. The molecule has 0 aliphatic carbocycles. The zero-order valence-corrected chi connectivity index (χ0v) is 14.6. The van der Waals surface area contributed by atoms with Crippen molar-refractivity contribution in [3.63, 3.8) is 0 Å². The van der Waals surface area contributed by atoms with Crippen molar-refractivity contribution in [3.05, 3.63) is 52.8 Å². The molecule has 1 N–H and O–H groups in total. The summed E-state index contributed by atoms with van der Waals surface area (Å²) < 4.78 is 0. The number of aromatic nitrogens is 2. The topological polar surface area (TPSA) is 50.2 Å². The van der Waals surface area contributed by atoms with Gasteiger partial charge in [-0.2, -0.15) is 5.10 Å². The van der Waals surface area contributed by atoms with E-state index in [1.807, 2.05) is 6.92 Å². The van der Waals surface area contributed by atoms with Crippen LogP contribution in [0.3, 0.4) is 0 Å². The quantitative estimate of drug-likeness (QED) is 0.609. The lowest BCUT2D eigenvalue weighted by molar-refractivity contribution is 0.918. The van der Waals surface area contributed by atoms with Gasteiger partial charge in [0.2, 0.25) is 5.95 Å². The molecule has 2 aromatic rings. The van der Waals surface area contributed by atoms with E-state index in [4.69, 9.17) is 0 Å². The molecule has 0 bridgehead atoms. The average molecular weight is 310 g/mol. The molecular weight excluding hydrogens is 284 g/mol. The molecular formula is C19H26N4. The van der Waals surface area contributed by atoms with Crippen molar-refractivity contribution in [2.24, 2.45) is 5.10 Å². The molecule has 4 nitrogen and oxygen atoms in total. The number of hydrogen-bond acceptors (Lipinski definition) is 4. The van der Waals surface area contributed by atoms with Crippen LogP contribution in [-0.2, 0) is 19.3 Å². The Morgan fingerprint density at radius 3 is 2.30 bits per heavy atom. The highest BCUT2D eigenvalue weighted by Gasteiger charge is 2.06. The molecule has 0 saturated heterocycles. The predicted octanol–water partition coefficient (Wildman–Crippen LogP) is 4.39. The fraction of sp³-hybridized carbons (Fsp3) is 0.421. The number of hydrogen-bond donors (Lipinski definition) is 1. The van der Waals surface area contributed by atoms with Gasteiger partial charge in [-0.15, -0.1) is 0 Å². The van der Waals surface area contributed by atoms with Crippen LogP contribution >= 0.6 is 0 Å². The molecule has 0 aliphatic rings. The first-order valence-corrected chi connectivity index (χ1v) is 8.43. The number of rotatable bonds is 7. The maximum atomic E-state index is 4.50. The largest absolute Gasteiger partial charge is 0.245 e. The fourth-order valence-corrected chi connectivity index (χ4v) is 2.52. The van der Waals surface area contributed by atoms with Crippen LogP contribution in [0.15, 0.2) is 35.4 Å². The molecule has 0 radical (unpaired) electrons. The number of benzene rings is 1. The second kappa shape index (κ2) is 8.42. The number of nitrogens with one attached hydrogen (secondary N) is 1. The van der Waals surface area contributed by atoms with Crippen LogP contribution in [0.4, 0.5) is 5.95 Å². The van der Waals surface area contributed by atoms with Crippen LogP contribution in [0, 0.1) is 0 Å². The Morgan fingerprint density at radius 1 is 1.04 bits per heavy atom. The monoisotopic (exact) mass is 310 g/mol. The minimum atomic E-state index is 0.577. The van der Waals surface area contributed by atoms with E-state index < -0.39 is 0 Å². The lowest BCUT2D eigenvalue weighted by Crippen LogP contribution is -2.07. The number of hydrazone groups is 1. The van der Waals surface area contributed by atoms with Gasteiger partial charge in [-0.1, -0.05) is 51.5 Å². The van der Waals surface area contributed by atoms with Crippen molar-refractivity contribution < 1.29 is 0 Å². The van der Waals surface area contributed by atoms with Gasteiger partial charge < -0.3 is 0 Å². The van der Waals surface area contributed by atoms with Crippen molar-refractivity contribution in [1.82, 2.24) is 9.97 Å². The molecule has 0 fully saturated rings. The van der Waals surface area contributed by atoms with Gasteiger partial charge in [0, 0.05) is 17.0 Å². The van der Waals surface area contributed by atoms with Gasteiger partial charge in [-0.05, 0) is 37.8 Å². The Balaban J connectivity index is 2.23. The van der Waals surface area contributed by atoms with Crippen LogP contribution in [0.25, 0.3) is 0 Å². The van der Waals surface area contributed by atoms with Crippen LogP contribution in [0.5, 0.6) is 0 Å². The number of nitrogens with zero attached hydrogens (tertiary/aromatic N) is 3. The SMILES string of the molecule is CCCc1ccccc1C(C)=NNc1nc(CC)cc(CC)n1. The number of anilines is 1. The third kappa shape index (κ3) is 4.62. The van der Waals surface area contributed by atoms with Crippen molar-refractivity contribution in [2.75, 3.05) is 5.43 Å². The molecule has 1 aromatic heterocycles. The fourth-order valence-electron chi connectivity index (χ4n) is 2.52. The summed E-state index contributed by atoms with van der Waals surface area (Å²) in [7, 11) is 0. The van der Waals surface area contributed by atoms with E-state index in [1.165, 1.54) is 11.1 Å². The van der Waals surface area contributed by atoms with Gasteiger partial charge in [0.25, 0.3) is 0 Å². The second-order valence-corrected chi connectivity index (χ2v) is 5.60. The highest BCUT2D eigenvalue weighted by molar-refractivity contribution is 6.00. The molecule has 0 spiro atoms. The Morgan fingerprint density at radius 2 is 1.70 bits per heavy atom. The Bertz CT molecular complexity index is 655. The summed E-state index contributed by atoms with van der Waals surface area (Å²) >= 11 is 0. The van der Waals surface area contributed by atoms with E-state index in [9.17, 15) is 0 Å². The summed E-state index contributed by atoms with van der Waals surface area (Å²) in [5, 5.41) is 4.50. The van der Waals surface area contributed by atoms with Gasteiger partial charge in [-0.3, -0.25) is 0 Å². The maximum absolute atomic E-state index is 4.50. The summed E-state index contributed by atoms with van der Waals surface area (Å²) in [6, 6.07) is 10.5. The molecule has 0 amide bonds. The first kappa shape index (κ1) is 17.1. The highest BCUT2D eigenvalue weighted by Crippen LogP contribution is 2.13. The zero-order chi connectivity index (χ0) is 16.7. The molecule has 1 aromatic carbocycles. The lowest BCUT2D eigenvalue weighted by Gasteiger charge is -2.09. The van der Waals surface area contributed by atoms with Crippen LogP contribution in [0.2, 0.25) is 0 Å². The van der Waals surface area contributed by atoms with Gasteiger partial charge in [0.15, 0.2) is 0 Å². The standard InChI is InChI=1S/C19H26N4/c1-5-10-15-11-8-9-12-18(15)14(4)22-23-19-20-16(6-2)13-17(7-3)21-19/h8-9,11-13H,5-7,10H2,1-4H3,(H,20,21,23). The highest BCUT2D eigenvalue weighted by atomic mass is 15.4. The molecule has 4 heteroatoms. The molecule has 0 atom stereocenters. The third-order valence-corrected chi connectivity index (χ3v) is 3.81. The van der Waals surface area contributed by atoms with E-state index in [2.05, 4.69) is 71.6 Å². The number of aryl methyl sites for hydroxylation is 3. The summed E-state index contributed by atoms with van der Waals surface area (Å²) in [6.45, 7) is 8.41. The van der Waals surface area contributed by atoms with Crippen LogP contribution in [-0.4, -0.2) is 15.7 Å². The van der Waals surface area contributed by atoms with E-state index >= 15 is 0 Å². The minimum absolute atomic E-state index is 0.577. The van der Waals surface area contributed by atoms with Gasteiger partial charge in [-0.25, -0.2) is 15.4 Å². The third-order valence-electron chi connectivity index (χ3n) is 3.81. The molecule has 23 heavy (non-hydrogen) atoms. The smallest absolute Gasteiger partial charge is 0.243 e. The van der Waals surface area contributed by atoms with E-state index in [-0.39, 0.29) is 0 Å². The predicted molar refractivity (Wildman–Crippen MR) is 97.1 cm³/mol. The lowest BCUT2D eigenvalue weighted by atomic mass is 10.0. The summed E-state index contributed by atoms with van der Waals surface area (Å²) in [4.78, 5) is 8.99. The van der Waals surface area contributed by atoms with Crippen molar-refractivity contribution in [1.29, 1.82) is 0 Å².